The summed E-state index contributed by atoms with van der Waals surface area (Å²) in [6.45, 7) is 1.91. The Hall–Kier alpha value is -0.780. The van der Waals surface area contributed by atoms with Crippen LogP contribution >= 0.6 is 0 Å². The van der Waals surface area contributed by atoms with Crippen LogP contribution in [0.5, 0.6) is 0 Å². The third-order valence-corrected chi connectivity index (χ3v) is 1.16. The van der Waals surface area contributed by atoms with Crippen molar-refractivity contribution in [1.29, 1.82) is 0 Å². The summed E-state index contributed by atoms with van der Waals surface area (Å²) in [4.78, 5) is 0. The number of hydrogen-bond acceptors (Lipinski definition) is 1. The fraction of sp³-hybridized carbons (Fsp3) is 0.375. The largest absolute Gasteiger partial charge is 0.309 e. The summed E-state index contributed by atoms with van der Waals surface area (Å²) in [6, 6.07) is 0. The minimum atomic E-state index is 0.931. The summed E-state index contributed by atoms with van der Waals surface area (Å²) in [5.41, 5.74) is 3.06. The van der Waals surface area contributed by atoms with Gasteiger partial charge < -0.3 is 5.32 Å². The summed E-state index contributed by atoms with van der Waals surface area (Å²) >= 11 is 0. The molecule has 0 aliphatic carbocycles. The molecule has 0 saturated carbocycles. The Balaban J connectivity index is 2.45. The minimum absolute atomic E-state index is 0.931. The molecule has 0 fully saturated rings. The van der Waals surface area contributed by atoms with Crippen molar-refractivity contribution < 1.29 is 0 Å². The van der Waals surface area contributed by atoms with Gasteiger partial charge in [-0.2, -0.15) is 0 Å². The highest BCUT2D eigenvalue weighted by Gasteiger charge is 1.77. The van der Waals surface area contributed by atoms with E-state index in [-0.39, 0.29) is 0 Å². The van der Waals surface area contributed by atoms with Gasteiger partial charge in [0, 0.05) is 13.1 Å². The van der Waals surface area contributed by atoms with Crippen molar-refractivity contribution in [2.24, 2.45) is 0 Å². The molecule has 1 aliphatic heterocycles. The third-order valence-electron chi connectivity index (χ3n) is 1.16. The smallest absolute Gasteiger partial charge is 0.0212 e. The van der Waals surface area contributed by atoms with Gasteiger partial charge in [-0.3, -0.25) is 0 Å². The fourth-order valence-electron chi connectivity index (χ4n) is 0.697. The van der Waals surface area contributed by atoms with Crippen molar-refractivity contribution in [2.75, 3.05) is 13.1 Å². The van der Waals surface area contributed by atoms with Gasteiger partial charge in [-0.05, 0) is 18.6 Å². The molecule has 0 radical (unpaired) electrons. The molecule has 0 saturated heterocycles. The van der Waals surface area contributed by atoms with Crippen LogP contribution in [0.2, 0.25) is 0 Å². The van der Waals surface area contributed by atoms with Gasteiger partial charge in [-0.15, -0.1) is 5.73 Å². The van der Waals surface area contributed by atoms with E-state index in [1.54, 1.807) is 0 Å². The Bertz CT molecular complexity index is 150. The predicted octanol–water partition coefficient (Wildman–Crippen LogP) is 1.25. The Labute approximate surface area is 55.8 Å². The minimum Gasteiger partial charge on any atom is -0.309 e. The van der Waals surface area contributed by atoms with Gasteiger partial charge in [0.1, 0.15) is 0 Å². The quantitative estimate of drug-likeness (QED) is 0.375. The van der Waals surface area contributed by atoms with Crippen LogP contribution in [0.1, 0.15) is 6.42 Å². The second kappa shape index (κ2) is 4.13. The van der Waals surface area contributed by atoms with Gasteiger partial charge in [0.25, 0.3) is 0 Å². The van der Waals surface area contributed by atoms with Gasteiger partial charge in [0.05, 0.1) is 0 Å². The van der Waals surface area contributed by atoms with Crippen LogP contribution in [0.25, 0.3) is 0 Å². The van der Waals surface area contributed by atoms with E-state index in [9.17, 15) is 0 Å². The van der Waals surface area contributed by atoms with E-state index in [2.05, 4.69) is 23.2 Å². The van der Waals surface area contributed by atoms with Crippen molar-refractivity contribution >= 4 is 0 Å². The molecule has 1 rings (SSSR count). The molecule has 1 aliphatic rings. The molecule has 1 nitrogen and oxygen atoms in total. The van der Waals surface area contributed by atoms with Gasteiger partial charge >= 0.3 is 0 Å². The summed E-state index contributed by atoms with van der Waals surface area (Å²) in [6.07, 6.45) is 9.32. The average Bonchev–Trinajstić information content (AvgIpc) is 2.00. The number of rotatable bonds is 0. The van der Waals surface area contributed by atoms with E-state index in [4.69, 9.17) is 0 Å². The Morgan fingerprint density at radius 1 is 1.11 bits per heavy atom. The number of hydrogen-bond donors (Lipinski definition) is 1. The van der Waals surface area contributed by atoms with Gasteiger partial charge in [-0.1, -0.05) is 12.2 Å². The first-order valence-electron chi connectivity index (χ1n) is 3.25. The molecule has 1 N–H and O–H groups in total. The van der Waals surface area contributed by atoms with Crippen molar-refractivity contribution in [3.05, 3.63) is 30.0 Å². The van der Waals surface area contributed by atoms with Crippen molar-refractivity contribution in [2.45, 2.75) is 6.42 Å². The molecule has 0 aromatic rings. The van der Waals surface area contributed by atoms with E-state index >= 15 is 0 Å². The van der Waals surface area contributed by atoms with E-state index in [0.717, 1.165) is 19.5 Å². The van der Waals surface area contributed by atoms with Crippen LogP contribution in [0.15, 0.2) is 30.0 Å². The van der Waals surface area contributed by atoms with Gasteiger partial charge in [0.15, 0.2) is 0 Å². The molecular weight excluding hydrogens is 110 g/mol. The average molecular weight is 121 g/mol. The maximum Gasteiger partial charge on any atom is 0.0212 e. The number of allylic oxidation sites excluding steroid dienone is 1. The maximum atomic E-state index is 3.20. The second-order valence-electron chi connectivity index (χ2n) is 1.94. The molecule has 0 aromatic carbocycles. The Morgan fingerprint density at radius 2 is 2.11 bits per heavy atom. The normalized spacial score (nSPS) is 22.2. The highest BCUT2D eigenvalue weighted by Crippen LogP contribution is 1.84. The number of nitrogens with one attached hydrogen (secondary N) is 1. The SMILES string of the molecule is C1=CC/C=C\CNCC=1. The van der Waals surface area contributed by atoms with Crippen LogP contribution in [0, 0.1) is 0 Å². The molecule has 48 valence electrons. The summed E-state index contributed by atoms with van der Waals surface area (Å²) < 4.78 is 0. The van der Waals surface area contributed by atoms with E-state index < -0.39 is 0 Å². The van der Waals surface area contributed by atoms with Gasteiger partial charge in [0.2, 0.25) is 0 Å². The van der Waals surface area contributed by atoms with E-state index in [0.29, 0.717) is 0 Å². The van der Waals surface area contributed by atoms with Crippen LogP contribution in [-0.2, 0) is 0 Å². The Kier molecular flexibility index (Phi) is 2.91. The van der Waals surface area contributed by atoms with Crippen LogP contribution < -0.4 is 5.32 Å². The first-order chi connectivity index (χ1) is 4.50. The molecule has 0 spiro atoms. The zero-order valence-electron chi connectivity index (χ0n) is 5.43. The van der Waals surface area contributed by atoms with E-state index in [1.807, 2.05) is 12.2 Å². The molecular formula is C8H11N. The van der Waals surface area contributed by atoms with E-state index in [1.165, 1.54) is 0 Å². The topological polar surface area (TPSA) is 12.0 Å². The lowest BCUT2D eigenvalue weighted by molar-refractivity contribution is 0.843. The lowest BCUT2D eigenvalue weighted by atomic mass is 10.4. The van der Waals surface area contributed by atoms with Crippen molar-refractivity contribution in [1.82, 2.24) is 5.32 Å². The molecule has 1 heterocycles. The summed E-state index contributed by atoms with van der Waals surface area (Å²) in [7, 11) is 0. The van der Waals surface area contributed by atoms with Crippen LogP contribution in [0.3, 0.4) is 0 Å². The highest BCUT2D eigenvalue weighted by atomic mass is 14.8. The lowest BCUT2D eigenvalue weighted by Gasteiger charge is -1.90. The molecule has 0 atom stereocenters. The summed E-state index contributed by atoms with van der Waals surface area (Å²) in [5, 5.41) is 3.20. The van der Waals surface area contributed by atoms with Crippen LogP contribution in [-0.4, -0.2) is 13.1 Å². The second-order valence-corrected chi connectivity index (χ2v) is 1.94. The van der Waals surface area contributed by atoms with Crippen LogP contribution in [0.4, 0.5) is 0 Å². The lowest BCUT2D eigenvalue weighted by Crippen LogP contribution is -2.12. The zero-order chi connectivity index (χ0) is 6.36. The standard InChI is InChI=1S/C8H11N/c1-2-4-6-8-9-7-5-3-1/h1,4-6,9H,2,7-8H2/b6-4-. The fourth-order valence-corrected chi connectivity index (χ4v) is 0.697. The molecule has 0 amide bonds. The molecule has 1 heteroatoms. The van der Waals surface area contributed by atoms with Gasteiger partial charge in [-0.25, -0.2) is 0 Å². The van der Waals surface area contributed by atoms with Crippen molar-refractivity contribution in [3.8, 4) is 0 Å². The molecule has 0 aromatic heterocycles. The third kappa shape index (κ3) is 2.91. The molecule has 0 unspecified atom stereocenters. The zero-order valence-corrected chi connectivity index (χ0v) is 5.43. The first-order valence-corrected chi connectivity index (χ1v) is 3.25. The molecule has 0 bridgehead atoms. The molecule has 9 heavy (non-hydrogen) atoms. The highest BCUT2D eigenvalue weighted by molar-refractivity contribution is 4.97. The summed E-state index contributed by atoms with van der Waals surface area (Å²) in [5.74, 6) is 0. The maximum absolute atomic E-state index is 3.20. The first kappa shape index (κ1) is 6.34. The van der Waals surface area contributed by atoms with Crippen molar-refractivity contribution in [3.63, 3.8) is 0 Å². The Morgan fingerprint density at radius 3 is 3.11 bits per heavy atom. The monoisotopic (exact) mass is 121 g/mol. The predicted molar refractivity (Wildman–Crippen MR) is 39.3 cm³/mol.